The molecule has 0 aromatic heterocycles. The second-order valence-corrected chi connectivity index (χ2v) is 21.7. The SMILES string of the molecule is CC(=O)N[C@H]1[C@H](O[C@H]2[C@H](O)[C@@H](NC(C)=O)[C@H](O[C@H]3[C@@H](OP(=O)(O)OC[C@@H](O)C(=O)O)O[C@H](C(N)=O)[C@@](C)(O)[C@@H]3OC(N)=O)O[C@@H]2CO[C@@H]2O[C@H](CO)[C@@H](O)[C@H](O)[C@H]2O)O[C@H](C)[C@@H](O[C@@H]2O[C@H](C(=O)NC3=C(O)CCC3=O)[C@H](O)[C@H](O)[C@H]2O)[C@@H]1O. The van der Waals surface area contributed by atoms with Crippen molar-refractivity contribution >= 4 is 49.3 Å². The Morgan fingerprint density at radius 3 is 1.82 bits per heavy atom. The number of rotatable bonds is 22. The van der Waals surface area contributed by atoms with Crippen molar-refractivity contribution in [3.05, 3.63) is 11.5 Å². The summed E-state index contributed by atoms with van der Waals surface area (Å²) in [6.07, 6.45) is -51.5. The van der Waals surface area contributed by atoms with Crippen LogP contribution >= 0.6 is 7.82 Å². The number of amides is 5. The van der Waals surface area contributed by atoms with Gasteiger partial charge in [0.1, 0.15) is 102 Å². The third kappa shape index (κ3) is 15.4. The highest BCUT2D eigenvalue weighted by atomic mass is 31.2. The lowest BCUT2D eigenvalue weighted by Gasteiger charge is -2.52. The number of nitrogens with two attached hydrogens (primary N) is 2. The average molecular weight is 1240 g/mol. The molecule has 5 fully saturated rings. The van der Waals surface area contributed by atoms with Gasteiger partial charge < -0.3 is 146 Å². The van der Waals surface area contributed by atoms with Crippen molar-refractivity contribution in [2.45, 2.75) is 200 Å². The molecule has 27 atom stereocenters. The maximum Gasteiger partial charge on any atom is 0.474 e. The topological polar surface area (TPSA) is 619 Å². The standard InChI is InChI=1S/C44H68N5O34P/c1-10-29(77-41-28(63)25(60)26(61)31(79-41)36(65)49-18-13(53)5-6-14(18)54)22(57)19(47-11(2)51)38(74-10)78-30-17(9-72-40-27(62)24(59)21(56)16(7-50)75-40)76-39(20(23(30)58)48-12(3)52)80-32-33(82-43(46)68)44(4,69)34(35(45)64)81-42(32)83-84(70,71)73-8-15(55)37(66)67/h10,15-17,19-34,38-42,50,53,55-63,69H,5-9H2,1-4H3,(H2,45,64)(H2,46,68)(H,47,51)(H,48,52)(H,49,65)(H,66,67)(H,70,71)/t10-,15-,16-,17-,19-,20-,21-,22-,23-,24+,25+,26-,27-,28-,29-,30-,31+,32-,33-,34-,38+,39+,40-,41-,42-,44+/m1/s1. The van der Waals surface area contributed by atoms with Crippen LogP contribution in [0.25, 0.3) is 0 Å². The Labute approximate surface area is 472 Å². The summed E-state index contributed by atoms with van der Waals surface area (Å²) >= 11 is 0. The molecule has 39 nitrogen and oxygen atoms in total. The first-order valence-corrected chi connectivity index (χ1v) is 26.8. The molecule has 21 N–H and O–H groups in total. The molecule has 6 aliphatic rings. The predicted octanol–water partition coefficient (Wildman–Crippen LogP) is -10.8. The lowest BCUT2D eigenvalue weighted by Crippen LogP contribution is -2.72. The van der Waals surface area contributed by atoms with Gasteiger partial charge in [-0.15, -0.1) is 0 Å². The Bertz CT molecular complexity index is 2480. The Hall–Kier alpha value is -4.86. The van der Waals surface area contributed by atoms with Crippen LogP contribution in [-0.2, 0) is 89.7 Å². The Kier molecular flexibility index (Phi) is 22.7. The van der Waals surface area contributed by atoms with E-state index in [4.69, 9.17) is 68.5 Å². The van der Waals surface area contributed by atoms with Crippen LogP contribution in [0, 0.1) is 0 Å². The number of Topliss-reactive ketones (excluding diaryl/α,β-unsaturated/α-hetero) is 1. The summed E-state index contributed by atoms with van der Waals surface area (Å²) in [6, 6.07) is -3.98. The number of primary amides is 2. The van der Waals surface area contributed by atoms with Crippen LogP contribution in [0.5, 0.6) is 0 Å². The van der Waals surface area contributed by atoms with Gasteiger partial charge >= 0.3 is 19.9 Å². The van der Waals surface area contributed by atoms with Gasteiger partial charge in [0.2, 0.25) is 17.7 Å². The highest BCUT2D eigenvalue weighted by molar-refractivity contribution is 7.47. The van der Waals surface area contributed by atoms with Gasteiger partial charge in [0.15, 0.2) is 67.8 Å². The summed E-state index contributed by atoms with van der Waals surface area (Å²) in [4.78, 5) is 98.5. The number of aliphatic hydroxyl groups is 12. The first-order valence-electron chi connectivity index (χ1n) is 25.4. The van der Waals surface area contributed by atoms with E-state index in [9.17, 15) is 104 Å². The minimum Gasteiger partial charge on any atom is -0.510 e. The zero-order valence-corrected chi connectivity index (χ0v) is 45.4. The van der Waals surface area contributed by atoms with E-state index in [0.717, 1.165) is 20.8 Å². The number of carbonyl (C=O) groups excluding carboxylic acids is 6. The number of aliphatic carboxylic acids is 1. The monoisotopic (exact) mass is 1240 g/mol. The number of allylic oxidation sites excluding steroid dienone is 2. The fourth-order valence-electron chi connectivity index (χ4n) is 9.71. The average Bonchev–Trinajstić information content (AvgIpc) is 2.20. The third-order valence-corrected chi connectivity index (χ3v) is 14.9. The van der Waals surface area contributed by atoms with Crippen LogP contribution in [0.1, 0.15) is 40.5 Å². The number of hydrogen-bond acceptors (Lipinski definition) is 32. The molecule has 0 bridgehead atoms. The van der Waals surface area contributed by atoms with E-state index >= 15 is 0 Å². The maximum atomic E-state index is 13.3. The summed E-state index contributed by atoms with van der Waals surface area (Å²) in [5.41, 5.74) is 7.33. The molecular formula is C44H68N5O34P. The van der Waals surface area contributed by atoms with Crippen LogP contribution in [-0.4, -0.2) is 292 Å². The molecule has 40 heteroatoms. The maximum absolute atomic E-state index is 13.3. The van der Waals surface area contributed by atoms with Gasteiger partial charge in [0, 0.05) is 26.7 Å². The Morgan fingerprint density at radius 2 is 1.27 bits per heavy atom. The van der Waals surface area contributed by atoms with E-state index in [1.54, 1.807) is 0 Å². The minimum absolute atomic E-state index is 0.126. The molecule has 5 saturated heterocycles. The van der Waals surface area contributed by atoms with Gasteiger partial charge in [0.05, 0.1) is 25.9 Å². The first-order chi connectivity index (χ1) is 39.1. The van der Waals surface area contributed by atoms with Crippen LogP contribution in [0.2, 0.25) is 0 Å². The van der Waals surface area contributed by atoms with Gasteiger partial charge in [-0.2, -0.15) is 0 Å². The fourth-order valence-corrected chi connectivity index (χ4v) is 10.5. The number of nitrogens with one attached hydrogen (secondary N) is 3. The molecule has 6 rings (SSSR count). The smallest absolute Gasteiger partial charge is 0.474 e. The fraction of sp³-hybridized carbons (Fsp3) is 0.795. The molecule has 1 unspecified atom stereocenters. The number of hydrogen-bond donors (Lipinski definition) is 19. The molecule has 0 aromatic carbocycles. The van der Waals surface area contributed by atoms with E-state index in [1.165, 1.54) is 6.92 Å². The van der Waals surface area contributed by atoms with E-state index < -0.39 is 240 Å². The number of carboxylic acid groups (broad SMARTS) is 1. The van der Waals surface area contributed by atoms with Gasteiger partial charge in [-0.1, -0.05) is 0 Å². The van der Waals surface area contributed by atoms with Gasteiger partial charge in [-0.25, -0.2) is 14.2 Å². The van der Waals surface area contributed by atoms with Crippen LogP contribution in [0.4, 0.5) is 4.79 Å². The van der Waals surface area contributed by atoms with Crippen LogP contribution in [0.3, 0.4) is 0 Å². The van der Waals surface area contributed by atoms with Gasteiger partial charge in [0.25, 0.3) is 5.91 Å². The van der Waals surface area contributed by atoms with Crippen molar-refractivity contribution in [2.75, 3.05) is 19.8 Å². The van der Waals surface area contributed by atoms with Gasteiger partial charge in [-0.3, -0.25) is 33.0 Å². The zero-order chi connectivity index (χ0) is 62.8. The van der Waals surface area contributed by atoms with E-state index in [1.807, 2.05) is 0 Å². The number of aliphatic hydroxyl groups excluding tert-OH is 11. The summed E-state index contributed by atoms with van der Waals surface area (Å²) < 4.78 is 80.6. The highest BCUT2D eigenvalue weighted by Crippen LogP contribution is 2.49. The van der Waals surface area contributed by atoms with Crippen molar-refractivity contribution in [3.8, 4) is 0 Å². The molecule has 0 aromatic rings. The van der Waals surface area contributed by atoms with Crippen molar-refractivity contribution in [3.63, 3.8) is 0 Å². The summed E-state index contributed by atoms with van der Waals surface area (Å²) in [5, 5.41) is 146. The second kappa shape index (κ2) is 27.9. The molecule has 84 heavy (non-hydrogen) atoms. The van der Waals surface area contributed by atoms with Crippen molar-refractivity contribution in [1.82, 2.24) is 16.0 Å². The highest BCUT2D eigenvalue weighted by Gasteiger charge is 2.62. The second-order valence-electron chi connectivity index (χ2n) is 20.2. The molecule has 5 aliphatic heterocycles. The zero-order valence-electron chi connectivity index (χ0n) is 44.5. The van der Waals surface area contributed by atoms with Crippen molar-refractivity contribution < 1.29 is 166 Å². The molecule has 0 spiro atoms. The number of ketones is 1. The number of carbonyl (C=O) groups is 7. The molecule has 5 heterocycles. The minimum atomic E-state index is -5.79. The van der Waals surface area contributed by atoms with Crippen LogP contribution in [0.15, 0.2) is 11.5 Å². The van der Waals surface area contributed by atoms with Gasteiger partial charge in [-0.05, 0) is 13.8 Å². The summed E-state index contributed by atoms with van der Waals surface area (Å²) in [7, 11) is -5.79. The molecule has 5 amide bonds. The summed E-state index contributed by atoms with van der Waals surface area (Å²) in [5.74, 6) is -7.95. The van der Waals surface area contributed by atoms with Crippen molar-refractivity contribution in [2.24, 2.45) is 11.5 Å². The lowest BCUT2D eigenvalue weighted by atomic mass is 9.85. The number of carboxylic acids is 1. The van der Waals surface area contributed by atoms with Crippen molar-refractivity contribution in [1.29, 1.82) is 0 Å². The van der Waals surface area contributed by atoms with E-state index in [2.05, 4.69) is 20.5 Å². The Balaban J connectivity index is 1.36. The predicted molar refractivity (Wildman–Crippen MR) is 257 cm³/mol. The van der Waals surface area contributed by atoms with E-state index in [0.29, 0.717) is 0 Å². The number of ether oxygens (including phenoxy) is 10. The van der Waals surface area contributed by atoms with Crippen LogP contribution < -0.4 is 27.4 Å². The van der Waals surface area contributed by atoms with E-state index in [-0.39, 0.29) is 12.8 Å². The largest absolute Gasteiger partial charge is 0.510 e. The molecule has 0 saturated carbocycles. The third-order valence-electron chi connectivity index (χ3n) is 14.0. The molecule has 478 valence electrons. The normalized spacial score (nSPS) is 42.0. The first kappa shape index (κ1) is 68.3. The number of phosphoric acid groups is 1. The quantitative estimate of drug-likeness (QED) is 0.0448. The Morgan fingerprint density at radius 1 is 0.726 bits per heavy atom. The lowest BCUT2D eigenvalue weighted by molar-refractivity contribution is -0.375. The molecule has 1 aliphatic carbocycles. The number of phosphoric ester groups is 1. The molecule has 0 radical (unpaired) electrons. The summed E-state index contributed by atoms with van der Waals surface area (Å²) in [6.45, 7) is 0.276. The molecular weight excluding hydrogens is 1170 g/mol.